The number of aromatic nitrogens is 2. The van der Waals surface area contributed by atoms with E-state index in [1.165, 1.54) is 11.3 Å². The summed E-state index contributed by atoms with van der Waals surface area (Å²) in [5.41, 5.74) is 2.53. The molecular formula is C11H17N3. The van der Waals surface area contributed by atoms with E-state index in [1.54, 1.807) is 0 Å². The molecule has 1 aromatic heterocycles. The zero-order valence-corrected chi connectivity index (χ0v) is 9.04. The van der Waals surface area contributed by atoms with Crippen molar-refractivity contribution in [2.45, 2.75) is 38.6 Å². The molecule has 76 valence electrons. The molecule has 14 heavy (non-hydrogen) atoms. The number of hydrogen-bond donors (Lipinski definition) is 1. The largest absolute Gasteiger partial charge is 0.313 e. The number of hydrogen-bond acceptors (Lipinski definition) is 3. The van der Waals surface area contributed by atoms with E-state index in [1.807, 2.05) is 13.2 Å². The Morgan fingerprint density at radius 1 is 1.50 bits per heavy atom. The van der Waals surface area contributed by atoms with E-state index in [-0.39, 0.29) is 0 Å². The highest BCUT2D eigenvalue weighted by molar-refractivity contribution is 5.27. The average molecular weight is 191 g/mol. The van der Waals surface area contributed by atoms with Crippen LogP contribution in [-0.4, -0.2) is 17.0 Å². The lowest BCUT2D eigenvalue weighted by Gasteiger charge is -2.10. The van der Waals surface area contributed by atoms with Gasteiger partial charge in [-0.25, -0.2) is 9.97 Å². The summed E-state index contributed by atoms with van der Waals surface area (Å²) in [6, 6.07) is 0.464. The summed E-state index contributed by atoms with van der Waals surface area (Å²) in [5.74, 6) is 1.40. The van der Waals surface area contributed by atoms with Crippen molar-refractivity contribution >= 4 is 0 Å². The second kappa shape index (κ2) is 3.65. The minimum Gasteiger partial charge on any atom is -0.313 e. The van der Waals surface area contributed by atoms with Crippen molar-refractivity contribution in [3.05, 3.63) is 23.3 Å². The number of nitrogens with one attached hydrogen (secondary N) is 1. The number of fused-ring (bicyclic) bond motifs is 1. The molecule has 3 heteroatoms. The zero-order chi connectivity index (χ0) is 10.1. The number of nitrogens with zero attached hydrogens (tertiary/aromatic N) is 2. The second-order valence-corrected chi connectivity index (χ2v) is 4.16. The van der Waals surface area contributed by atoms with Crippen LogP contribution in [0.25, 0.3) is 0 Å². The third kappa shape index (κ3) is 1.52. The fourth-order valence-electron chi connectivity index (χ4n) is 1.95. The highest BCUT2D eigenvalue weighted by Crippen LogP contribution is 2.29. The van der Waals surface area contributed by atoms with Crippen molar-refractivity contribution in [3.8, 4) is 0 Å². The van der Waals surface area contributed by atoms with Gasteiger partial charge in [0.05, 0.1) is 0 Å². The fraction of sp³-hybridized carbons (Fsp3) is 0.636. The van der Waals surface area contributed by atoms with E-state index in [0.717, 1.165) is 18.7 Å². The second-order valence-electron chi connectivity index (χ2n) is 4.16. The van der Waals surface area contributed by atoms with Gasteiger partial charge in [0.15, 0.2) is 0 Å². The maximum atomic E-state index is 4.60. The van der Waals surface area contributed by atoms with Crippen LogP contribution in [0.3, 0.4) is 0 Å². The summed E-state index contributed by atoms with van der Waals surface area (Å²) in [6.07, 6.45) is 4.23. The van der Waals surface area contributed by atoms with Crippen LogP contribution in [0, 0.1) is 0 Å². The molecule has 1 N–H and O–H groups in total. The first-order chi connectivity index (χ1) is 6.72. The van der Waals surface area contributed by atoms with Crippen LogP contribution in [0.15, 0.2) is 6.20 Å². The number of rotatable bonds is 2. The fourth-order valence-corrected chi connectivity index (χ4v) is 1.95. The van der Waals surface area contributed by atoms with Gasteiger partial charge in [-0.2, -0.15) is 0 Å². The molecule has 0 fully saturated rings. The van der Waals surface area contributed by atoms with E-state index in [2.05, 4.69) is 29.1 Å². The lowest BCUT2D eigenvalue weighted by atomic mass is 10.1. The Bertz CT molecular complexity index is 333. The van der Waals surface area contributed by atoms with Crippen LogP contribution in [0.4, 0.5) is 0 Å². The highest BCUT2D eigenvalue weighted by atomic mass is 14.9. The lowest BCUT2D eigenvalue weighted by molar-refractivity contribution is 0.589. The third-order valence-electron chi connectivity index (χ3n) is 2.83. The summed E-state index contributed by atoms with van der Waals surface area (Å²) < 4.78 is 0. The SMILES string of the molecule is CNC1CCc2nc(C(C)C)ncc21. The molecule has 1 atom stereocenters. The molecule has 0 aliphatic heterocycles. The van der Waals surface area contributed by atoms with Crippen molar-refractivity contribution in [1.29, 1.82) is 0 Å². The van der Waals surface area contributed by atoms with Gasteiger partial charge < -0.3 is 5.32 Å². The van der Waals surface area contributed by atoms with Crippen LogP contribution in [0.2, 0.25) is 0 Å². The maximum absolute atomic E-state index is 4.60. The van der Waals surface area contributed by atoms with E-state index in [9.17, 15) is 0 Å². The molecular weight excluding hydrogens is 174 g/mol. The average Bonchev–Trinajstić information content (AvgIpc) is 2.59. The van der Waals surface area contributed by atoms with Crippen molar-refractivity contribution < 1.29 is 0 Å². The van der Waals surface area contributed by atoms with Crippen LogP contribution in [-0.2, 0) is 6.42 Å². The molecule has 1 heterocycles. The van der Waals surface area contributed by atoms with Gasteiger partial charge >= 0.3 is 0 Å². The van der Waals surface area contributed by atoms with E-state index in [0.29, 0.717) is 12.0 Å². The molecule has 0 bridgehead atoms. The van der Waals surface area contributed by atoms with Gasteiger partial charge in [-0.05, 0) is 19.9 Å². The predicted octanol–water partition coefficient (Wildman–Crippen LogP) is 1.81. The molecule has 0 saturated heterocycles. The molecule has 0 spiro atoms. The summed E-state index contributed by atoms with van der Waals surface area (Å²) in [4.78, 5) is 9.00. The summed E-state index contributed by atoms with van der Waals surface area (Å²) in [7, 11) is 2.00. The number of aryl methyl sites for hydroxylation is 1. The van der Waals surface area contributed by atoms with Gasteiger partial charge in [-0.3, -0.25) is 0 Å². The quantitative estimate of drug-likeness (QED) is 0.774. The smallest absolute Gasteiger partial charge is 0.131 e. The van der Waals surface area contributed by atoms with Gasteiger partial charge in [0, 0.05) is 29.4 Å². The molecule has 3 nitrogen and oxygen atoms in total. The standard InChI is InChI=1S/C11H17N3/c1-7(2)11-13-6-8-9(12-3)4-5-10(8)14-11/h6-7,9,12H,4-5H2,1-3H3. The van der Waals surface area contributed by atoms with Crippen LogP contribution in [0.5, 0.6) is 0 Å². The Balaban J connectivity index is 2.34. The normalized spacial score (nSPS) is 20.1. The van der Waals surface area contributed by atoms with Crippen LogP contribution in [0.1, 0.15) is 49.3 Å². The molecule has 0 radical (unpaired) electrons. The Morgan fingerprint density at radius 2 is 2.29 bits per heavy atom. The Labute approximate surface area is 85.0 Å². The first kappa shape index (κ1) is 9.59. The highest BCUT2D eigenvalue weighted by Gasteiger charge is 2.23. The first-order valence-electron chi connectivity index (χ1n) is 5.25. The molecule has 0 amide bonds. The third-order valence-corrected chi connectivity index (χ3v) is 2.83. The van der Waals surface area contributed by atoms with Gasteiger partial charge in [0.25, 0.3) is 0 Å². The minimum absolute atomic E-state index is 0.425. The van der Waals surface area contributed by atoms with E-state index >= 15 is 0 Å². The summed E-state index contributed by atoms with van der Waals surface area (Å²) in [6.45, 7) is 4.26. The van der Waals surface area contributed by atoms with Gasteiger partial charge in [0.1, 0.15) is 5.82 Å². The summed E-state index contributed by atoms with van der Waals surface area (Å²) >= 11 is 0. The lowest BCUT2D eigenvalue weighted by Crippen LogP contribution is -2.13. The van der Waals surface area contributed by atoms with Gasteiger partial charge in [0.2, 0.25) is 0 Å². The molecule has 0 saturated carbocycles. The monoisotopic (exact) mass is 191 g/mol. The van der Waals surface area contributed by atoms with Gasteiger partial charge in [-0.1, -0.05) is 13.8 Å². The molecule has 1 aliphatic rings. The maximum Gasteiger partial charge on any atom is 0.131 e. The molecule has 1 aliphatic carbocycles. The zero-order valence-electron chi connectivity index (χ0n) is 9.04. The molecule has 0 aromatic carbocycles. The molecule has 1 unspecified atom stereocenters. The molecule has 1 aromatic rings. The topological polar surface area (TPSA) is 37.8 Å². The van der Waals surface area contributed by atoms with Crippen LogP contribution >= 0.6 is 0 Å². The Hall–Kier alpha value is -0.960. The minimum atomic E-state index is 0.425. The van der Waals surface area contributed by atoms with Crippen molar-refractivity contribution in [3.63, 3.8) is 0 Å². The first-order valence-corrected chi connectivity index (χ1v) is 5.25. The Morgan fingerprint density at radius 3 is 2.93 bits per heavy atom. The van der Waals surface area contributed by atoms with E-state index in [4.69, 9.17) is 0 Å². The predicted molar refractivity (Wildman–Crippen MR) is 56.2 cm³/mol. The van der Waals surface area contributed by atoms with Crippen molar-refractivity contribution in [2.24, 2.45) is 0 Å². The van der Waals surface area contributed by atoms with Crippen molar-refractivity contribution in [1.82, 2.24) is 15.3 Å². The van der Waals surface area contributed by atoms with E-state index < -0.39 is 0 Å². The summed E-state index contributed by atoms with van der Waals surface area (Å²) in [5, 5.41) is 3.29. The molecule has 2 rings (SSSR count). The Kier molecular flexibility index (Phi) is 2.50. The van der Waals surface area contributed by atoms with Gasteiger partial charge in [-0.15, -0.1) is 0 Å². The van der Waals surface area contributed by atoms with Crippen LogP contribution < -0.4 is 5.32 Å². The van der Waals surface area contributed by atoms with Crippen molar-refractivity contribution in [2.75, 3.05) is 7.05 Å².